The molecule has 6 heteroatoms. The summed E-state index contributed by atoms with van der Waals surface area (Å²) >= 11 is 1.51. The fraction of sp³-hybridized carbons (Fsp3) is 0.240. The summed E-state index contributed by atoms with van der Waals surface area (Å²) in [6, 6.07) is 18.4. The number of thiazole rings is 1. The van der Waals surface area contributed by atoms with Crippen molar-refractivity contribution in [3.8, 4) is 0 Å². The van der Waals surface area contributed by atoms with Gasteiger partial charge >= 0.3 is 0 Å². The summed E-state index contributed by atoms with van der Waals surface area (Å²) in [5, 5.41) is 5.78. The Balaban J connectivity index is 1.29. The number of hydrogen-bond acceptors (Lipinski definition) is 4. The van der Waals surface area contributed by atoms with Gasteiger partial charge in [-0.3, -0.25) is 15.1 Å². The maximum absolute atomic E-state index is 12.9. The van der Waals surface area contributed by atoms with Crippen molar-refractivity contribution < 1.29 is 4.79 Å². The molecular weight excluding hydrogens is 404 g/mol. The van der Waals surface area contributed by atoms with Crippen LogP contribution in [0.25, 0.3) is 0 Å². The molecule has 0 spiro atoms. The summed E-state index contributed by atoms with van der Waals surface area (Å²) in [5.74, 6) is 0.787. The predicted octanol–water partition coefficient (Wildman–Crippen LogP) is 5.69. The van der Waals surface area contributed by atoms with E-state index in [0.717, 1.165) is 17.7 Å². The van der Waals surface area contributed by atoms with Gasteiger partial charge in [-0.1, -0.05) is 36.8 Å². The lowest BCUT2D eigenvalue weighted by molar-refractivity contribution is 0.101. The molecule has 2 atom stereocenters. The van der Waals surface area contributed by atoms with E-state index in [1.165, 1.54) is 29.7 Å². The Morgan fingerprint density at radius 3 is 2.68 bits per heavy atom. The van der Waals surface area contributed by atoms with Crippen LogP contribution in [0.4, 0.5) is 5.13 Å². The number of hydrogen-bond donors (Lipinski definition) is 1. The largest absolute Gasteiger partial charge is 0.339 e. The van der Waals surface area contributed by atoms with Crippen molar-refractivity contribution >= 4 is 22.4 Å². The first-order valence-electron chi connectivity index (χ1n) is 10.6. The van der Waals surface area contributed by atoms with Crippen LogP contribution in [-0.4, -0.2) is 20.4 Å². The summed E-state index contributed by atoms with van der Waals surface area (Å²) in [6.45, 7) is 0.627. The second kappa shape index (κ2) is 8.86. The summed E-state index contributed by atoms with van der Waals surface area (Å²) in [7, 11) is 0. The third-order valence-corrected chi connectivity index (χ3v) is 6.81. The van der Waals surface area contributed by atoms with Crippen molar-refractivity contribution in [2.24, 2.45) is 0 Å². The van der Waals surface area contributed by atoms with Crippen LogP contribution in [0, 0.1) is 0 Å². The fourth-order valence-corrected chi connectivity index (χ4v) is 5.30. The fourth-order valence-electron chi connectivity index (χ4n) is 4.53. The molecule has 0 bridgehead atoms. The molecular formula is C25H24N4OS. The highest BCUT2D eigenvalue weighted by Crippen LogP contribution is 2.46. The number of benzene rings is 1. The van der Waals surface area contributed by atoms with Crippen molar-refractivity contribution in [1.29, 1.82) is 0 Å². The zero-order valence-electron chi connectivity index (χ0n) is 17.1. The van der Waals surface area contributed by atoms with Gasteiger partial charge in [0.25, 0.3) is 5.91 Å². The molecule has 0 radical (unpaired) electrons. The third kappa shape index (κ3) is 4.30. The first-order chi connectivity index (χ1) is 15.3. The molecule has 3 heterocycles. The SMILES string of the molecule is O=C(Nc1nc([C@H]2CCC[C@@H]2c2ccccc2)cs1)c1cccn1Cc1ccncc1. The van der Waals surface area contributed by atoms with Crippen LogP contribution in [0.15, 0.2) is 78.6 Å². The first-order valence-corrected chi connectivity index (χ1v) is 11.5. The molecule has 1 N–H and O–H groups in total. The number of pyridine rings is 1. The van der Waals surface area contributed by atoms with E-state index >= 15 is 0 Å². The van der Waals surface area contributed by atoms with E-state index in [4.69, 9.17) is 4.98 Å². The molecule has 0 saturated heterocycles. The Labute approximate surface area is 185 Å². The minimum absolute atomic E-state index is 0.133. The summed E-state index contributed by atoms with van der Waals surface area (Å²) < 4.78 is 1.95. The average Bonchev–Trinajstić information content (AvgIpc) is 3.56. The van der Waals surface area contributed by atoms with Gasteiger partial charge in [0.1, 0.15) is 5.69 Å². The highest BCUT2D eigenvalue weighted by atomic mass is 32.1. The van der Waals surface area contributed by atoms with E-state index in [2.05, 4.69) is 46.0 Å². The van der Waals surface area contributed by atoms with Crippen LogP contribution in [0.5, 0.6) is 0 Å². The van der Waals surface area contributed by atoms with Crippen LogP contribution < -0.4 is 5.32 Å². The molecule has 0 unspecified atom stereocenters. The van der Waals surface area contributed by atoms with Crippen molar-refractivity contribution in [1.82, 2.24) is 14.5 Å². The highest BCUT2D eigenvalue weighted by Gasteiger charge is 2.31. The third-order valence-electron chi connectivity index (χ3n) is 6.03. The van der Waals surface area contributed by atoms with E-state index in [1.54, 1.807) is 12.4 Å². The smallest absolute Gasteiger partial charge is 0.274 e. The Morgan fingerprint density at radius 2 is 1.84 bits per heavy atom. The molecule has 1 aliphatic rings. The maximum Gasteiger partial charge on any atom is 0.274 e. The predicted molar refractivity (Wildman–Crippen MR) is 124 cm³/mol. The van der Waals surface area contributed by atoms with Crippen LogP contribution >= 0.6 is 11.3 Å². The highest BCUT2D eigenvalue weighted by molar-refractivity contribution is 7.14. The first kappa shape index (κ1) is 19.7. The van der Waals surface area contributed by atoms with Crippen LogP contribution in [-0.2, 0) is 6.54 Å². The lowest BCUT2D eigenvalue weighted by Gasteiger charge is -2.18. The average molecular weight is 429 g/mol. The molecule has 156 valence electrons. The van der Waals surface area contributed by atoms with Gasteiger partial charge in [-0.15, -0.1) is 11.3 Å². The van der Waals surface area contributed by atoms with Gasteiger partial charge in [-0.2, -0.15) is 0 Å². The topological polar surface area (TPSA) is 59.8 Å². The number of anilines is 1. The monoisotopic (exact) mass is 428 g/mol. The molecule has 4 aromatic rings. The number of aromatic nitrogens is 3. The number of carbonyl (C=O) groups is 1. The van der Waals surface area contributed by atoms with E-state index in [0.29, 0.717) is 29.2 Å². The van der Waals surface area contributed by atoms with E-state index in [9.17, 15) is 4.79 Å². The van der Waals surface area contributed by atoms with Crippen molar-refractivity contribution in [2.45, 2.75) is 37.6 Å². The molecule has 0 aliphatic heterocycles. The van der Waals surface area contributed by atoms with Gasteiger partial charge in [0.05, 0.1) is 5.69 Å². The minimum atomic E-state index is -0.133. The molecule has 31 heavy (non-hydrogen) atoms. The second-order valence-corrected chi connectivity index (χ2v) is 8.82. The molecule has 1 amide bonds. The Morgan fingerprint density at radius 1 is 1.03 bits per heavy atom. The van der Waals surface area contributed by atoms with Gasteiger partial charge in [0, 0.05) is 36.4 Å². The Bertz CT molecular complexity index is 1150. The molecule has 5 nitrogen and oxygen atoms in total. The Hall–Kier alpha value is -3.25. The zero-order valence-corrected chi connectivity index (χ0v) is 18.0. The van der Waals surface area contributed by atoms with Crippen LogP contribution in [0.3, 0.4) is 0 Å². The van der Waals surface area contributed by atoms with Gasteiger partial charge in [0.2, 0.25) is 0 Å². The van der Waals surface area contributed by atoms with Gasteiger partial charge in [-0.25, -0.2) is 4.98 Å². The van der Waals surface area contributed by atoms with Gasteiger partial charge in [0.15, 0.2) is 5.13 Å². The number of rotatable bonds is 6. The summed E-state index contributed by atoms with van der Waals surface area (Å²) in [4.78, 5) is 21.8. The van der Waals surface area contributed by atoms with Crippen molar-refractivity contribution in [3.63, 3.8) is 0 Å². The minimum Gasteiger partial charge on any atom is -0.339 e. The molecule has 5 rings (SSSR count). The number of nitrogens with zero attached hydrogens (tertiary/aromatic N) is 3. The number of nitrogens with one attached hydrogen (secondary N) is 1. The van der Waals surface area contributed by atoms with Crippen LogP contribution in [0.2, 0.25) is 0 Å². The van der Waals surface area contributed by atoms with E-state index in [1.807, 2.05) is 35.0 Å². The van der Waals surface area contributed by atoms with E-state index in [-0.39, 0.29) is 5.91 Å². The summed E-state index contributed by atoms with van der Waals surface area (Å²) in [5.41, 5.74) is 4.21. The molecule has 1 fully saturated rings. The van der Waals surface area contributed by atoms with Crippen molar-refractivity contribution in [2.75, 3.05) is 5.32 Å². The molecule has 1 aliphatic carbocycles. The molecule has 1 aromatic carbocycles. The number of amides is 1. The van der Waals surface area contributed by atoms with E-state index < -0.39 is 0 Å². The maximum atomic E-state index is 12.9. The van der Waals surface area contributed by atoms with Crippen molar-refractivity contribution in [3.05, 3.63) is 101 Å². The zero-order chi connectivity index (χ0) is 21.0. The lowest BCUT2D eigenvalue weighted by Crippen LogP contribution is -2.17. The van der Waals surface area contributed by atoms with Gasteiger partial charge in [-0.05, 0) is 54.2 Å². The molecule has 3 aromatic heterocycles. The van der Waals surface area contributed by atoms with Gasteiger partial charge < -0.3 is 4.57 Å². The molecule has 1 saturated carbocycles. The quantitative estimate of drug-likeness (QED) is 0.429. The normalized spacial score (nSPS) is 18.2. The number of carbonyl (C=O) groups excluding carboxylic acids is 1. The standard InChI is InChI=1S/C25H24N4OS/c30-24(23-10-5-15-29(23)16-18-11-13-26-14-12-18)28-25-27-22(17-31-25)21-9-4-8-20(21)19-6-2-1-3-7-19/h1-3,5-7,10-15,17,20-21H,4,8-9,16H2,(H,27,28,30)/t20-,21+/m1/s1. The second-order valence-electron chi connectivity index (χ2n) is 7.96. The summed E-state index contributed by atoms with van der Waals surface area (Å²) in [6.07, 6.45) is 9.00. The lowest BCUT2D eigenvalue weighted by atomic mass is 9.87. The van der Waals surface area contributed by atoms with Crippen LogP contribution in [0.1, 0.15) is 58.4 Å². The Kier molecular flexibility index (Phi) is 5.63.